The van der Waals surface area contributed by atoms with Crippen molar-refractivity contribution < 1.29 is 13.5 Å². The summed E-state index contributed by atoms with van der Waals surface area (Å²) in [5, 5.41) is 10.4. The van der Waals surface area contributed by atoms with Crippen LogP contribution in [0.15, 0.2) is 22.6 Å². The lowest BCUT2D eigenvalue weighted by atomic mass is 10.2. The fraction of sp³-hybridized carbons (Fsp3) is 0.273. The Hall–Kier alpha value is -1.95. The lowest BCUT2D eigenvalue weighted by molar-refractivity contribution is 0.411. The zero-order chi connectivity index (χ0) is 12.3. The summed E-state index contributed by atoms with van der Waals surface area (Å²) in [4.78, 5) is 0. The van der Waals surface area contributed by atoms with Crippen molar-refractivity contribution in [2.45, 2.75) is 6.54 Å². The minimum absolute atomic E-state index is 0.162. The topological polar surface area (TPSA) is 60.2 Å². The lowest BCUT2D eigenvalue weighted by Crippen LogP contribution is -2.04. The van der Waals surface area contributed by atoms with E-state index in [0.29, 0.717) is 18.2 Å². The van der Waals surface area contributed by atoms with Crippen LogP contribution in [-0.4, -0.2) is 24.4 Å². The quantitative estimate of drug-likeness (QED) is 0.875. The number of methoxy groups -OCH3 is 1. The van der Waals surface area contributed by atoms with Crippen LogP contribution in [-0.2, 0) is 6.54 Å². The van der Waals surface area contributed by atoms with E-state index in [2.05, 4.69) is 15.5 Å². The maximum absolute atomic E-state index is 13.7. The van der Waals surface area contributed by atoms with Crippen LogP contribution in [0.2, 0.25) is 0 Å². The van der Waals surface area contributed by atoms with Crippen molar-refractivity contribution in [3.05, 3.63) is 29.9 Å². The van der Waals surface area contributed by atoms with Gasteiger partial charge in [-0.05, 0) is 19.2 Å². The van der Waals surface area contributed by atoms with E-state index in [4.69, 9.17) is 9.15 Å². The molecule has 0 fully saturated rings. The number of benzene rings is 1. The molecule has 2 rings (SSSR count). The van der Waals surface area contributed by atoms with Crippen LogP contribution in [0.25, 0.3) is 11.5 Å². The van der Waals surface area contributed by atoms with Gasteiger partial charge < -0.3 is 14.5 Å². The summed E-state index contributed by atoms with van der Waals surface area (Å²) in [7, 11) is 3.24. The summed E-state index contributed by atoms with van der Waals surface area (Å²) >= 11 is 0. The van der Waals surface area contributed by atoms with E-state index in [1.807, 2.05) is 0 Å². The molecule has 1 heterocycles. The SMILES string of the molecule is CNCc1nnc(-c2ccc(OC)cc2F)o1. The molecule has 0 bridgehead atoms. The number of ether oxygens (including phenoxy) is 1. The molecule has 0 saturated carbocycles. The molecule has 0 saturated heterocycles. The first-order valence-electron chi connectivity index (χ1n) is 5.05. The van der Waals surface area contributed by atoms with Gasteiger partial charge in [-0.3, -0.25) is 0 Å². The van der Waals surface area contributed by atoms with Gasteiger partial charge in [-0.25, -0.2) is 4.39 Å². The molecule has 5 nitrogen and oxygen atoms in total. The number of hydrogen-bond donors (Lipinski definition) is 1. The summed E-state index contributed by atoms with van der Waals surface area (Å²) in [5.74, 6) is 0.568. The Bertz CT molecular complexity index is 513. The number of nitrogens with zero attached hydrogens (tertiary/aromatic N) is 2. The predicted octanol–water partition coefficient (Wildman–Crippen LogP) is 1.60. The Morgan fingerprint density at radius 1 is 1.41 bits per heavy atom. The maximum Gasteiger partial charge on any atom is 0.250 e. The minimum atomic E-state index is -0.455. The van der Waals surface area contributed by atoms with E-state index in [0.717, 1.165) is 0 Å². The molecular weight excluding hydrogens is 225 g/mol. The Labute approximate surface area is 97.6 Å². The molecule has 0 amide bonds. The van der Waals surface area contributed by atoms with Crippen molar-refractivity contribution >= 4 is 0 Å². The average Bonchev–Trinajstić information content (AvgIpc) is 2.78. The van der Waals surface area contributed by atoms with Gasteiger partial charge in [0.15, 0.2) is 0 Å². The molecular formula is C11H12FN3O2. The first-order chi connectivity index (χ1) is 8.24. The summed E-state index contributed by atoms with van der Waals surface area (Å²) in [6.45, 7) is 0.449. The second-order valence-electron chi connectivity index (χ2n) is 3.38. The predicted molar refractivity (Wildman–Crippen MR) is 59.0 cm³/mol. The van der Waals surface area contributed by atoms with E-state index < -0.39 is 5.82 Å². The molecule has 1 N–H and O–H groups in total. The van der Waals surface area contributed by atoms with Gasteiger partial charge in [0.05, 0.1) is 19.2 Å². The zero-order valence-corrected chi connectivity index (χ0v) is 9.53. The van der Waals surface area contributed by atoms with Gasteiger partial charge in [-0.2, -0.15) is 0 Å². The second kappa shape index (κ2) is 4.92. The Kier molecular flexibility index (Phi) is 3.34. The molecule has 1 aromatic carbocycles. The Balaban J connectivity index is 2.32. The number of aromatic nitrogens is 2. The van der Waals surface area contributed by atoms with E-state index in [1.54, 1.807) is 19.2 Å². The van der Waals surface area contributed by atoms with Crippen LogP contribution in [0.4, 0.5) is 4.39 Å². The lowest BCUT2D eigenvalue weighted by Gasteiger charge is -2.01. The van der Waals surface area contributed by atoms with Gasteiger partial charge in [0, 0.05) is 6.07 Å². The van der Waals surface area contributed by atoms with Gasteiger partial charge in [-0.15, -0.1) is 10.2 Å². The smallest absolute Gasteiger partial charge is 0.250 e. The van der Waals surface area contributed by atoms with Crippen molar-refractivity contribution in [1.29, 1.82) is 0 Å². The molecule has 0 aliphatic heterocycles. The van der Waals surface area contributed by atoms with E-state index in [1.165, 1.54) is 13.2 Å². The summed E-state index contributed by atoms with van der Waals surface area (Å²) in [6.07, 6.45) is 0. The van der Waals surface area contributed by atoms with Crippen LogP contribution in [0, 0.1) is 5.82 Å². The van der Waals surface area contributed by atoms with E-state index in [-0.39, 0.29) is 11.5 Å². The van der Waals surface area contributed by atoms with Crippen LogP contribution in [0.3, 0.4) is 0 Å². The fourth-order valence-electron chi connectivity index (χ4n) is 1.38. The largest absolute Gasteiger partial charge is 0.497 e. The van der Waals surface area contributed by atoms with E-state index in [9.17, 15) is 4.39 Å². The minimum Gasteiger partial charge on any atom is -0.497 e. The normalized spacial score (nSPS) is 10.5. The third kappa shape index (κ3) is 2.42. The Morgan fingerprint density at radius 3 is 2.88 bits per heavy atom. The zero-order valence-electron chi connectivity index (χ0n) is 9.53. The molecule has 0 aliphatic carbocycles. The summed E-state index contributed by atoms with van der Waals surface area (Å²) < 4.78 is 23.9. The highest BCUT2D eigenvalue weighted by molar-refractivity contribution is 5.55. The van der Waals surface area contributed by atoms with Gasteiger partial charge in [-0.1, -0.05) is 0 Å². The highest BCUT2D eigenvalue weighted by atomic mass is 19.1. The third-order valence-corrected chi connectivity index (χ3v) is 2.20. The van der Waals surface area contributed by atoms with Crippen molar-refractivity contribution in [3.63, 3.8) is 0 Å². The van der Waals surface area contributed by atoms with Gasteiger partial charge in [0.25, 0.3) is 5.89 Å². The fourth-order valence-corrected chi connectivity index (χ4v) is 1.38. The molecule has 6 heteroatoms. The van der Waals surface area contributed by atoms with Crippen molar-refractivity contribution in [2.24, 2.45) is 0 Å². The van der Waals surface area contributed by atoms with Crippen LogP contribution in [0.1, 0.15) is 5.89 Å². The number of nitrogens with one attached hydrogen (secondary N) is 1. The van der Waals surface area contributed by atoms with Crippen molar-refractivity contribution in [1.82, 2.24) is 15.5 Å². The number of halogens is 1. The summed E-state index contributed by atoms with van der Waals surface area (Å²) in [5.41, 5.74) is 0.264. The van der Waals surface area contributed by atoms with Gasteiger partial charge in [0.2, 0.25) is 5.89 Å². The highest BCUT2D eigenvalue weighted by Gasteiger charge is 2.13. The van der Waals surface area contributed by atoms with Crippen LogP contribution >= 0.6 is 0 Å². The average molecular weight is 237 g/mol. The first kappa shape index (κ1) is 11.5. The highest BCUT2D eigenvalue weighted by Crippen LogP contribution is 2.25. The first-order valence-corrected chi connectivity index (χ1v) is 5.05. The van der Waals surface area contributed by atoms with Gasteiger partial charge in [0.1, 0.15) is 11.6 Å². The molecule has 0 spiro atoms. The molecule has 0 atom stereocenters. The van der Waals surface area contributed by atoms with Crippen molar-refractivity contribution in [2.75, 3.05) is 14.2 Å². The summed E-state index contributed by atoms with van der Waals surface area (Å²) in [6, 6.07) is 4.46. The third-order valence-electron chi connectivity index (χ3n) is 2.20. The molecule has 90 valence electrons. The van der Waals surface area contributed by atoms with Crippen molar-refractivity contribution in [3.8, 4) is 17.2 Å². The number of hydrogen-bond acceptors (Lipinski definition) is 5. The molecule has 17 heavy (non-hydrogen) atoms. The molecule has 0 unspecified atom stereocenters. The van der Waals surface area contributed by atoms with Crippen LogP contribution < -0.4 is 10.1 Å². The molecule has 1 aromatic heterocycles. The molecule has 2 aromatic rings. The van der Waals surface area contributed by atoms with Crippen LogP contribution in [0.5, 0.6) is 5.75 Å². The molecule has 0 radical (unpaired) electrons. The molecule has 0 aliphatic rings. The van der Waals surface area contributed by atoms with Gasteiger partial charge >= 0.3 is 0 Å². The monoisotopic (exact) mass is 237 g/mol. The van der Waals surface area contributed by atoms with E-state index >= 15 is 0 Å². The second-order valence-corrected chi connectivity index (χ2v) is 3.38. The Morgan fingerprint density at radius 2 is 2.24 bits per heavy atom. The standard InChI is InChI=1S/C11H12FN3O2/c1-13-6-10-14-15-11(17-10)8-4-3-7(16-2)5-9(8)12/h3-5,13H,6H2,1-2H3. The maximum atomic E-state index is 13.7. The number of rotatable bonds is 4.